The van der Waals surface area contributed by atoms with Gasteiger partial charge in [-0.25, -0.2) is 9.59 Å². The van der Waals surface area contributed by atoms with Crippen molar-refractivity contribution < 1.29 is 38.5 Å². The van der Waals surface area contributed by atoms with E-state index < -0.39 is 47.2 Å². The van der Waals surface area contributed by atoms with Gasteiger partial charge in [-0.1, -0.05) is 25.4 Å². The number of amides is 2. The molecule has 11 heteroatoms. The number of carbonyl (C=O) groups excluding carboxylic acids is 3. The summed E-state index contributed by atoms with van der Waals surface area (Å²) in [5, 5.41) is 13.4. The number of halogens is 1. The third kappa shape index (κ3) is 19.1. The van der Waals surface area contributed by atoms with Crippen molar-refractivity contribution in [2.45, 2.75) is 66.6 Å². The van der Waals surface area contributed by atoms with Gasteiger partial charge in [-0.15, -0.1) is 0 Å². The summed E-state index contributed by atoms with van der Waals surface area (Å²) < 4.78 is 14.5. The molecule has 176 valence electrons. The molecular weight excluding hydrogens is 420 g/mol. The molecule has 0 bridgehead atoms. The molecule has 10 nitrogen and oxygen atoms in total. The van der Waals surface area contributed by atoms with Crippen molar-refractivity contribution in [1.82, 2.24) is 10.6 Å². The van der Waals surface area contributed by atoms with E-state index in [1.165, 1.54) is 6.92 Å². The molecule has 0 fully saturated rings. The van der Waals surface area contributed by atoms with E-state index in [4.69, 9.17) is 26.2 Å². The quantitative estimate of drug-likeness (QED) is 0.302. The van der Waals surface area contributed by atoms with Gasteiger partial charge >= 0.3 is 24.1 Å². The minimum atomic E-state index is -0.943. The van der Waals surface area contributed by atoms with Crippen molar-refractivity contribution in [1.29, 1.82) is 0 Å². The Morgan fingerprint density at radius 3 is 1.50 bits per heavy atom. The van der Waals surface area contributed by atoms with Gasteiger partial charge in [0.2, 0.25) is 0 Å². The Balaban J connectivity index is 0. The molecular formula is C19H35ClN2O8. The number of hydrogen-bond donors (Lipinski definition) is 3. The molecule has 0 rings (SSSR count). The highest BCUT2D eigenvalue weighted by atomic mass is 35.5. The lowest BCUT2D eigenvalue weighted by atomic mass is 10.2. The normalized spacial score (nSPS) is 13.0. The number of alkyl halides is 1. The number of hydrogen-bond acceptors (Lipinski definition) is 7. The highest BCUT2D eigenvalue weighted by Crippen LogP contribution is 2.07. The smallest absolute Gasteiger partial charge is 0.407 e. The predicted octanol–water partition coefficient (Wildman–Crippen LogP) is 3.12. The van der Waals surface area contributed by atoms with Gasteiger partial charge < -0.3 is 30.0 Å². The van der Waals surface area contributed by atoms with Crippen LogP contribution in [0.3, 0.4) is 0 Å². The third-order valence-corrected chi connectivity index (χ3v) is 3.03. The van der Waals surface area contributed by atoms with E-state index in [9.17, 15) is 19.2 Å². The highest BCUT2D eigenvalue weighted by Gasteiger charge is 2.19. The van der Waals surface area contributed by atoms with Crippen LogP contribution in [-0.2, 0) is 23.8 Å². The Hall–Kier alpha value is -2.23. The summed E-state index contributed by atoms with van der Waals surface area (Å²) in [7, 11) is 0. The number of carboxylic acid groups (broad SMARTS) is 1. The Bertz CT molecular complexity index is 570. The Kier molecular flexibility index (Phi) is 13.9. The number of nitrogens with one attached hydrogen (secondary N) is 2. The number of ether oxygens (including phenoxy) is 3. The van der Waals surface area contributed by atoms with E-state index in [0.717, 1.165) is 0 Å². The highest BCUT2D eigenvalue weighted by molar-refractivity contribution is 6.17. The molecule has 2 amide bonds. The standard InChI is InChI=1S/C10H18ClNO4.C9H17NO4/c1-7(8(13)15-6-11)5-12-9(14)16-10(2,3)4;1-6(7(11)12)5-10-8(13)14-9(2,3)4/h7H,5-6H2,1-4H3,(H,12,14);6H,5H2,1-4H3,(H,10,13)(H,11,12). The fraction of sp³-hybridized carbons (Fsp3) is 0.789. The van der Waals surface area contributed by atoms with Crippen LogP contribution in [0.1, 0.15) is 55.4 Å². The fourth-order valence-corrected chi connectivity index (χ4v) is 1.58. The van der Waals surface area contributed by atoms with Crippen LogP contribution in [0.15, 0.2) is 0 Å². The average molecular weight is 455 g/mol. The summed E-state index contributed by atoms with van der Waals surface area (Å²) in [5.74, 6) is -2.46. The van der Waals surface area contributed by atoms with Crippen LogP contribution in [0, 0.1) is 11.8 Å². The lowest BCUT2D eigenvalue weighted by Crippen LogP contribution is -2.36. The number of carbonyl (C=O) groups is 4. The van der Waals surface area contributed by atoms with Gasteiger partial charge in [0, 0.05) is 13.1 Å². The van der Waals surface area contributed by atoms with E-state index in [0.29, 0.717) is 0 Å². The first-order valence-corrected chi connectivity index (χ1v) is 9.91. The molecule has 0 radical (unpaired) electrons. The van der Waals surface area contributed by atoms with Gasteiger partial charge in [-0.05, 0) is 41.5 Å². The van der Waals surface area contributed by atoms with Crippen LogP contribution in [-0.4, -0.2) is 59.6 Å². The maximum Gasteiger partial charge on any atom is 0.407 e. The van der Waals surface area contributed by atoms with Crippen molar-refractivity contribution in [3.63, 3.8) is 0 Å². The summed E-state index contributed by atoms with van der Waals surface area (Å²) in [5.41, 5.74) is -1.11. The van der Waals surface area contributed by atoms with Gasteiger partial charge in [0.1, 0.15) is 11.2 Å². The molecule has 0 aliphatic carbocycles. The second kappa shape index (κ2) is 13.9. The molecule has 0 aliphatic heterocycles. The number of rotatable bonds is 7. The van der Waals surface area contributed by atoms with E-state index in [1.54, 1.807) is 48.5 Å². The van der Waals surface area contributed by atoms with Crippen LogP contribution < -0.4 is 10.6 Å². The van der Waals surface area contributed by atoms with Gasteiger partial charge in [-0.2, -0.15) is 0 Å². The SMILES string of the molecule is CC(CNC(=O)OC(C)(C)C)C(=O)O.CC(CNC(=O)OC(C)(C)C)C(=O)OCCl. The molecule has 0 aromatic heterocycles. The van der Waals surface area contributed by atoms with Gasteiger partial charge in [0.05, 0.1) is 11.8 Å². The Morgan fingerprint density at radius 2 is 1.20 bits per heavy atom. The number of esters is 1. The second-order valence-electron chi connectivity index (χ2n) is 8.48. The second-order valence-corrected chi connectivity index (χ2v) is 8.70. The third-order valence-electron chi connectivity index (χ3n) is 2.92. The molecule has 3 N–H and O–H groups in total. The summed E-state index contributed by atoms with van der Waals surface area (Å²) in [6.07, 6.45) is -1.15. The molecule has 0 aliphatic rings. The van der Waals surface area contributed by atoms with Crippen molar-refractivity contribution in [3.8, 4) is 0 Å². The van der Waals surface area contributed by atoms with Gasteiger partial charge in [-0.3, -0.25) is 9.59 Å². The zero-order valence-corrected chi connectivity index (χ0v) is 19.7. The van der Waals surface area contributed by atoms with E-state index in [-0.39, 0.29) is 19.2 Å². The monoisotopic (exact) mass is 454 g/mol. The Morgan fingerprint density at radius 1 is 0.833 bits per heavy atom. The lowest BCUT2D eigenvalue weighted by Gasteiger charge is -2.20. The molecule has 0 saturated heterocycles. The first-order valence-electron chi connectivity index (χ1n) is 9.37. The van der Waals surface area contributed by atoms with Crippen molar-refractivity contribution in [2.24, 2.45) is 11.8 Å². The van der Waals surface area contributed by atoms with Gasteiger partial charge in [0.25, 0.3) is 0 Å². The molecule has 0 spiro atoms. The first-order chi connectivity index (χ1) is 13.5. The molecule has 30 heavy (non-hydrogen) atoms. The molecule has 2 atom stereocenters. The summed E-state index contributed by atoms with van der Waals surface area (Å²) >= 11 is 5.24. The maximum atomic E-state index is 11.2. The zero-order chi connectivity index (χ0) is 24.1. The molecule has 0 aromatic rings. The van der Waals surface area contributed by atoms with E-state index in [1.807, 2.05) is 0 Å². The van der Waals surface area contributed by atoms with Crippen LogP contribution in [0.25, 0.3) is 0 Å². The summed E-state index contributed by atoms with van der Waals surface area (Å²) in [4.78, 5) is 43.8. The number of carboxylic acids is 1. The van der Waals surface area contributed by atoms with Crippen molar-refractivity contribution >= 4 is 35.7 Å². The minimum Gasteiger partial charge on any atom is -0.481 e. The first kappa shape index (κ1) is 30.0. The number of aliphatic carboxylic acids is 1. The molecule has 0 heterocycles. The van der Waals surface area contributed by atoms with E-state index in [2.05, 4.69) is 15.4 Å². The topological polar surface area (TPSA) is 140 Å². The Labute approximate surface area is 182 Å². The summed E-state index contributed by atoms with van der Waals surface area (Å²) in [6.45, 7) is 13.9. The van der Waals surface area contributed by atoms with Crippen LogP contribution >= 0.6 is 11.6 Å². The van der Waals surface area contributed by atoms with Crippen molar-refractivity contribution in [3.05, 3.63) is 0 Å². The van der Waals surface area contributed by atoms with E-state index >= 15 is 0 Å². The van der Waals surface area contributed by atoms with Crippen LogP contribution in [0.4, 0.5) is 9.59 Å². The van der Waals surface area contributed by atoms with Crippen molar-refractivity contribution in [2.75, 3.05) is 19.2 Å². The summed E-state index contributed by atoms with van der Waals surface area (Å²) in [6, 6.07) is -0.185. The molecule has 2 unspecified atom stereocenters. The maximum absolute atomic E-state index is 11.2. The fourth-order valence-electron chi connectivity index (χ4n) is 1.47. The lowest BCUT2D eigenvalue weighted by molar-refractivity contribution is -0.145. The minimum absolute atomic E-state index is 0.0737. The number of alkyl carbamates (subject to hydrolysis) is 2. The molecule has 0 aromatic carbocycles. The van der Waals surface area contributed by atoms with Crippen LogP contribution in [0.2, 0.25) is 0 Å². The van der Waals surface area contributed by atoms with Crippen LogP contribution in [0.5, 0.6) is 0 Å². The largest absolute Gasteiger partial charge is 0.481 e. The average Bonchev–Trinajstić information content (AvgIpc) is 2.55. The van der Waals surface area contributed by atoms with Gasteiger partial charge in [0.15, 0.2) is 6.07 Å². The zero-order valence-electron chi connectivity index (χ0n) is 19.0. The molecule has 0 saturated carbocycles. The predicted molar refractivity (Wildman–Crippen MR) is 111 cm³/mol.